The zero-order valence-electron chi connectivity index (χ0n) is 17.9. The number of benzene rings is 2. The van der Waals surface area contributed by atoms with E-state index in [0.29, 0.717) is 11.8 Å². The summed E-state index contributed by atoms with van der Waals surface area (Å²) >= 11 is 0. The van der Waals surface area contributed by atoms with Gasteiger partial charge in [0, 0.05) is 18.0 Å². The molecule has 2 aromatic carbocycles. The maximum atomic E-state index is 4.27. The summed E-state index contributed by atoms with van der Waals surface area (Å²) in [6.45, 7) is 6.77. The smallest absolute Gasteiger partial charge is 0.0697 e. The lowest BCUT2D eigenvalue weighted by Gasteiger charge is -2.17. The maximum Gasteiger partial charge on any atom is 0.0697 e. The number of hydrogen-bond donors (Lipinski definition) is 0. The monoisotopic (exact) mass is 396 g/mol. The van der Waals surface area contributed by atoms with Gasteiger partial charge in [0.1, 0.15) is 0 Å². The molecule has 0 bridgehead atoms. The summed E-state index contributed by atoms with van der Waals surface area (Å²) in [6.07, 6.45) is 9.68. The quantitative estimate of drug-likeness (QED) is 0.367. The van der Waals surface area contributed by atoms with Crippen molar-refractivity contribution in [3.8, 4) is 16.8 Å². The van der Waals surface area contributed by atoms with Crippen LogP contribution in [0.15, 0.2) is 79.4 Å². The molecule has 0 N–H and O–H groups in total. The normalized spacial score (nSPS) is 13.2. The molecule has 0 spiro atoms. The first-order chi connectivity index (χ1) is 14.6. The molecule has 4 heteroatoms. The standard InChI is InChI=1S/C26H28N4/c1-19(22-6-8-24(9-7-22)26-18-27-15-14-21(26)3)4-5-20(2)23-10-12-25(13-11-23)30-17-16-28-29-30/h6-20H,4-5H2,1-3H3. The summed E-state index contributed by atoms with van der Waals surface area (Å²) in [6, 6.07) is 19.7. The van der Waals surface area contributed by atoms with Gasteiger partial charge in [-0.1, -0.05) is 55.5 Å². The van der Waals surface area contributed by atoms with Gasteiger partial charge in [-0.25, -0.2) is 4.68 Å². The molecule has 0 saturated carbocycles. The molecule has 2 heterocycles. The van der Waals surface area contributed by atoms with Gasteiger partial charge in [0.25, 0.3) is 0 Å². The van der Waals surface area contributed by atoms with E-state index in [4.69, 9.17) is 0 Å². The van der Waals surface area contributed by atoms with Gasteiger partial charge in [0.2, 0.25) is 0 Å². The second-order valence-electron chi connectivity index (χ2n) is 8.13. The van der Waals surface area contributed by atoms with Gasteiger partial charge >= 0.3 is 0 Å². The van der Waals surface area contributed by atoms with Crippen molar-refractivity contribution in [3.63, 3.8) is 0 Å². The van der Waals surface area contributed by atoms with Gasteiger partial charge in [0.05, 0.1) is 18.1 Å². The lowest BCUT2D eigenvalue weighted by atomic mass is 9.88. The molecule has 4 aromatic rings. The van der Waals surface area contributed by atoms with Gasteiger partial charge < -0.3 is 0 Å². The molecule has 2 atom stereocenters. The van der Waals surface area contributed by atoms with E-state index in [2.05, 4.69) is 90.7 Å². The molecule has 30 heavy (non-hydrogen) atoms. The Kier molecular flexibility index (Phi) is 6.03. The van der Waals surface area contributed by atoms with E-state index in [-0.39, 0.29) is 0 Å². The molecule has 152 valence electrons. The Balaban J connectivity index is 1.36. The number of pyridine rings is 1. The molecule has 0 aliphatic heterocycles. The molecule has 0 radical (unpaired) electrons. The summed E-state index contributed by atoms with van der Waals surface area (Å²) in [5.41, 5.74) is 7.51. The van der Waals surface area contributed by atoms with Gasteiger partial charge in [-0.15, -0.1) is 5.10 Å². The summed E-state index contributed by atoms with van der Waals surface area (Å²) in [5.74, 6) is 1.06. The summed E-state index contributed by atoms with van der Waals surface area (Å²) in [5, 5.41) is 7.92. The van der Waals surface area contributed by atoms with E-state index in [1.54, 1.807) is 10.9 Å². The maximum absolute atomic E-state index is 4.27. The Bertz CT molecular complexity index is 1070. The van der Waals surface area contributed by atoms with Gasteiger partial charge in [0.15, 0.2) is 0 Å². The van der Waals surface area contributed by atoms with Crippen LogP contribution in [-0.4, -0.2) is 20.0 Å². The summed E-state index contributed by atoms with van der Waals surface area (Å²) in [4.78, 5) is 4.27. The topological polar surface area (TPSA) is 43.6 Å². The third-order valence-corrected chi connectivity index (χ3v) is 6.01. The summed E-state index contributed by atoms with van der Waals surface area (Å²) in [7, 11) is 0. The molecule has 4 rings (SSSR count). The molecule has 4 nitrogen and oxygen atoms in total. The van der Waals surface area contributed by atoms with Crippen LogP contribution in [-0.2, 0) is 0 Å². The Morgan fingerprint density at radius 3 is 2.00 bits per heavy atom. The first-order valence-corrected chi connectivity index (χ1v) is 10.6. The number of hydrogen-bond acceptors (Lipinski definition) is 3. The lowest BCUT2D eigenvalue weighted by Crippen LogP contribution is -2.00. The van der Waals surface area contributed by atoms with E-state index in [1.807, 2.05) is 18.6 Å². The number of aryl methyl sites for hydroxylation is 1. The highest BCUT2D eigenvalue weighted by atomic mass is 15.4. The fraction of sp³-hybridized carbons (Fsp3) is 0.269. The largest absolute Gasteiger partial charge is 0.264 e. The van der Waals surface area contributed by atoms with Crippen molar-refractivity contribution in [2.24, 2.45) is 0 Å². The molecule has 0 amide bonds. The van der Waals surface area contributed by atoms with Crippen LogP contribution in [0.3, 0.4) is 0 Å². The highest BCUT2D eigenvalue weighted by molar-refractivity contribution is 5.66. The molecular formula is C26H28N4. The minimum atomic E-state index is 0.523. The molecule has 0 fully saturated rings. The van der Waals surface area contributed by atoms with Crippen LogP contribution in [0.5, 0.6) is 0 Å². The Morgan fingerprint density at radius 2 is 1.43 bits per heavy atom. The number of nitrogens with zero attached hydrogens (tertiary/aromatic N) is 4. The molecule has 2 aromatic heterocycles. The third kappa shape index (κ3) is 4.48. The minimum Gasteiger partial charge on any atom is -0.264 e. The van der Waals surface area contributed by atoms with Crippen LogP contribution < -0.4 is 0 Å². The fourth-order valence-electron chi connectivity index (χ4n) is 3.89. The Morgan fingerprint density at radius 1 is 0.800 bits per heavy atom. The highest BCUT2D eigenvalue weighted by Gasteiger charge is 2.11. The Labute approximate surface area is 178 Å². The third-order valence-electron chi connectivity index (χ3n) is 6.01. The van der Waals surface area contributed by atoms with Crippen molar-refractivity contribution in [2.45, 2.75) is 45.4 Å². The van der Waals surface area contributed by atoms with E-state index in [9.17, 15) is 0 Å². The van der Waals surface area contributed by atoms with Crippen LogP contribution >= 0.6 is 0 Å². The zero-order valence-corrected chi connectivity index (χ0v) is 17.9. The second kappa shape index (κ2) is 9.04. The molecule has 0 aliphatic carbocycles. The van der Waals surface area contributed by atoms with Gasteiger partial charge in [-0.2, -0.15) is 0 Å². The van der Waals surface area contributed by atoms with Crippen molar-refractivity contribution in [2.75, 3.05) is 0 Å². The Hall–Kier alpha value is -3.27. The van der Waals surface area contributed by atoms with Crippen molar-refractivity contribution in [3.05, 3.63) is 96.1 Å². The first kappa shape index (κ1) is 20.0. The molecular weight excluding hydrogens is 368 g/mol. The molecule has 0 saturated heterocycles. The zero-order chi connectivity index (χ0) is 20.9. The minimum absolute atomic E-state index is 0.523. The highest BCUT2D eigenvalue weighted by Crippen LogP contribution is 2.30. The predicted molar refractivity (Wildman–Crippen MR) is 122 cm³/mol. The van der Waals surface area contributed by atoms with Crippen LogP contribution in [0.1, 0.15) is 55.2 Å². The molecule has 0 aliphatic rings. The van der Waals surface area contributed by atoms with Crippen molar-refractivity contribution >= 4 is 0 Å². The predicted octanol–water partition coefficient (Wildman–Crippen LogP) is 6.33. The van der Waals surface area contributed by atoms with Crippen LogP contribution in [0.25, 0.3) is 16.8 Å². The lowest BCUT2D eigenvalue weighted by molar-refractivity contribution is 0.574. The average Bonchev–Trinajstić information content (AvgIpc) is 3.33. The SMILES string of the molecule is Cc1ccncc1-c1ccc(C(C)CCC(C)c2ccc(-n3ccnn3)cc2)cc1. The summed E-state index contributed by atoms with van der Waals surface area (Å²) < 4.78 is 1.78. The van der Waals surface area contributed by atoms with E-state index >= 15 is 0 Å². The van der Waals surface area contributed by atoms with Crippen molar-refractivity contribution < 1.29 is 0 Å². The van der Waals surface area contributed by atoms with Crippen LogP contribution in [0.4, 0.5) is 0 Å². The van der Waals surface area contributed by atoms with E-state index in [1.165, 1.54) is 27.8 Å². The first-order valence-electron chi connectivity index (χ1n) is 10.6. The van der Waals surface area contributed by atoms with E-state index in [0.717, 1.165) is 18.5 Å². The average molecular weight is 397 g/mol. The number of rotatable bonds is 7. The fourth-order valence-corrected chi connectivity index (χ4v) is 3.89. The second-order valence-corrected chi connectivity index (χ2v) is 8.13. The van der Waals surface area contributed by atoms with Crippen molar-refractivity contribution in [1.82, 2.24) is 20.0 Å². The molecule has 2 unspecified atom stereocenters. The van der Waals surface area contributed by atoms with Crippen molar-refractivity contribution in [1.29, 1.82) is 0 Å². The van der Waals surface area contributed by atoms with Crippen LogP contribution in [0, 0.1) is 6.92 Å². The van der Waals surface area contributed by atoms with Crippen LogP contribution in [0.2, 0.25) is 0 Å². The number of aromatic nitrogens is 4. The van der Waals surface area contributed by atoms with E-state index < -0.39 is 0 Å². The van der Waals surface area contributed by atoms with Gasteiger partial charge in [-0.3, -0.25) is 4.98 Å². The van der Waals surface area contributed by atoms with Gasteiger partial charge in [-0.05, 0) is 72.1 Å².